The van der Waals surface area contributed by atoms with Gasteiger partial charge >= 0.3 is 0 Å². The maximum absolute atomic E-state index is 12.7. The summed E-state index contributed by atoms with van der Waals surface area (Å²) in [6.07, 6.45) is 5.25. The average Bonchev–Trinajstić information content (AvgIpc) is 3.02. The summed E-state index contributed by atoms with van der Waals surface area (Å²) >= 11 is 0. The van der Waals surface area contributed by atoms with Crippen LogP contribution < -0.4 is 9.46 Å². The van der Waals surface area contributed by atoms with Crippen LogP contribution in [0.5, 0.6) is 5.75 Å². The number of nitrogens with one attached hydrogen (secondary N) is 1. The van der Waals surface area contributed by atoms with Crippen molar-refractivity contribution < 1.29 is 17.9 Å². The maximum atomic E-state index is 12.7. The first kappa shape index (κ1) is 17.8. The fourth-order valence-electron chi connectivity index (χ4n) is 2.87. The molecule has 136 valence electrons. The quantitative estimate of drug-likeness (QED) is 0.815. The van der Waals surface area contributed by atoms with Crippen LogP contribution in [0.4, 0.5) is 5.69 Å². The van der Waals surface area contributed by atoms with E-state index in [9.17, 15) is 8.42 Å². The van der Waals surface area contributed by atoms with Gasteiger partial charge in [0.15, 0.2) is 0 Å². The fraction of sp³-hybridized carbons (Fsp3) is 0.471. The molecule has 0 bridgehead atoms. The molecule has 25 heavy (non-hydrogen) atoms. The van der Waals surface area contributed by atoms with Gasteiger partial charge in [0.05, 0.1) is 18.5 Å². The Balaban J connectivity index is 1.71. The van der Waals surface area contributed by atoms with Crippen LogP contribution in [0, 0.1) is 5.92 Å². The SMILES string of the molecule is CCOc1ccccc1S(=O)(=O)Nc1cnn(CC2CCOCC2)c1. The zero-order valence-corrected chi connectivity index (χ0v) is 15.0. The zero-order chi connectivity index (χ0) is 17.7. The number of sulfonamides is 1. The Labute approximate surface area is 148 Å². The molecule has 8 heteroatoms. The standard InChI is InChI=1S/C17H23N3O4S/c1-2-24-16-5-3-4-6-17(16)25(21,22)19-15-11-18-20(13-15)12-14-7-9-23-10-8-14/h3-6,11,13-14,19H,2,7-10,12H2,1H3. The van der Waals surface area contributed by atoms with Crippen LogP contribution in [0.25, 0.3) is 0 Å². The summed E-state index contributed by atoms with van der Waals surface area (Å²) < 4.78 is 40.4. The van der Waals surface area contributed by atoms with Crippen molar-refractivity contribution in [1.29, 1.82) is 0 Å². The number of hydrogen-bond acceptors (Lipinski definition) is 5. The molecule has 0 radical (unpaired) electrons. The molecule has 1 N–H and O–H groups in total. The number of benzene rings is 1. The molecule has 1 fully saturated rings. The van der Waals surface area contributed by atoms with Crippen LogP contribution in [0.2, 0.25) is 0 Å². The molecule has 2 aromatic rings. The first-order valence-electron chi connectivity index (χ1n) is 8.43. The number of rotatable bonds is 7. The van der Waals surface area contributed by atoms with Crippen LogP contribution in [0.3, 0.4) is 0 Å². The van der Waals surface area contributed by atoms with Gasteiger partial charge in [-0.25, -0.2) is 8.42 Å². The highest BCUT2D eigenvalue weighted by Gasteiger charge is 2.20. The van der Waals surface area contributed by atoms with E-state index in [1.807, 2.05) is 6.92 Å². The van der Waals surface area contributed by atoms with Crippen LogP contribution in [0.1, 0.15) is 19.8 Å². The van der Waals surface area contributed by atoms with Gasteiger partial charge in [-0.3, -0.25) is 9.40 Å². The molecule has 0 saturated carbocycles. The summed E-state index contributed by atoms with van der Waals surface area (Å²) in [5.74, 6) is 0.851. The molecule has 0 atom stereocenters. The van der Waals surface area contributed by atoms with Gasteiger partial charge in [0, 0.05) is 26.0 Å². The molecule has 1 aromatic carbocycles. The van der Waals surface area contributed by atoms with Gasteiger partial charge in [-0.2, -0.15) is 5.10 Å². The minimum absolute atomic E-state index is 0.119. The van der Waals surface area contributed by atoms with E-state index < -0.39 is 10.0 Å². The molecule has 2 heterocycles. The van der Waals surface area contributed by atoms with E-state index in [2.05, 4.69) is 9.82 Å². The van der Waals surface area contributed by atoms with Crippen LogP contribution >= 0.6 is 0 Å². The van der Waals surface area contributed by atoms with Gasteiger partial charge in [-0.1, -0.05) is 12.1 Å². The Kier molecular flexibility index (Phi) is 5.60. The first-order valence-corrected chi connectivity index (χ1v) is 9.91. The monoisotopic (exact) mass is 365 g/mol. The molecule has 1 aromatic heterocycles. The van der Waals surface area contributed by atoms with Gasteiger partial charge < -0.3 is 9.47 Å². The third kappa shape index (κ3) is 4.52. The summed E-state index contributed by atoms with van der Waals surface area (Å²) in [5, 5.41) is 4.26. The van der Waals surface area contributed by atoms with E-state index >= 15 is 0 Å². The summed E-state index contributed by atoms with van der Waals surface area (Å²) in [6.45, 7) is 4.53. The Morgan fingerprint density at radius 1 is 1.32 bits per heavy atom. The van der Waals surface area contributed by atoms with Gasteiger partial charge in [0.2, 0.25) is 0 Å². The van der Waals surface area contributed by atoms with Gasteiger partial charge in [0.25, 0.3) is 10.0 Å². The fourth-order valence-corrected chi connectivity index (χ4v) is 4.04. The van der Waals surface area contributed by atoms with Gasteiger partial charge in [-0.05, 0) is 37.8 Å². The highest BCUT2D eigenvalue weighted by Crippen LogP contribution is 2.25. The number of aromatic nitrogens is 2. The number of ether oxygens (including phenoxy) is 2. The molecule has 1 aliphatic heterocycles. The van der Waals surface area contributed by atoms with Crippen molar-refractivity contribution >= 4 is 15.7 Å². The van der Waals surface area contributed by atoms with E-state index in [1.165, 1.54) is 12.3 Å². The lowest BCUT2D eigenvalue weighted by atomic mass is 10.0. The molecule has 7 nitrogen and oxygen atoms in total. The van der Waals surface area contributed by atoms with Crippen LogP contribution in [0.15, 0.2) is 41.6 Å². The van der Waals surface area contributed by atoms with Gasteiger partial charge in [-0.15, -0.1) is 0 Å². The second-order valence-electron chi connectivity index (χ2n) is 5.99. The van der Waals surface area contributed by atoms with E-state index in [1.54, 1.807) is 29.1 Å². The van der Waals surface area contributed by atoms with Crippen LogP contribution in [-0.4, -0.2) is 38.0 Å². The number of nitrogens with zero attached hydrogens (tertiary/aromatic N) is 2. The van der Waals surface area contributed by atoms with Crippen molar-refractivity contribution in [2.75, 3.05) is 24.5 Å². The summed E-state index contributed by atoms with van der Waals surface area (Å²) in [7, 11) is -3.73. The lowest BCUT2D eigenvalue weighted by Gasteiger charge is -2.21. The summed E-state index contributed by atoms with van der Waals surface area (Å²) in [4.78, 5) is 0.119. The van der Waals surface area contributed by atoms with Crippen molar-refractivity contribution in [3.05, 3.63) is 36.7 Å². The third-order valence-electron chi connectivity index (χ3n) is 4.11. The van der Waals surface area contributed by atoms with E-state index in [4.69, 9.17) is 9.47 Å². The second kappa shape index (κ2) is 7.88. The van der Waals surface area contributed by atoms with Crippen molar-refractivity contribution in [3.8, 4) is 5.75 Å². The highest BCUT2D eigenvalue weighted by molar-refractivity contribution is 7.92. The molecule has 0 amide bonds. The molecule has 0 aliphatic carbocycles. The minimum Gasteiger partial charge on any atom is -0.492 e. The van der Waals surface area contributed by atoms with Crippen molar-refractivity contribution in [2.45, 2.75) is 31.2 Å². The molecule has 1 aliphatic rings. The first-order chi connectivity index (χ1) is 12.1. The topological polar surface area (TPSA) is 82.5 Å². The van der Waals surface area contributed by atoms with Crippen molar-refractivity contribution in [3.63, 3.8) is 0 Å². The summed E-state index contributed by atoms with van der Waals surface area (Å²) in [6, 6.07) is 6.59. The predicted octanol–water partition coefficient (Wildman–Crippen LogP) is 2.51. The zero-order valence-electron chi connectivity index (χ0n) is 14.2. The molecule has 1 saturated heterocycles. The smallest absolute Gasteiger partial charge is 0.265 e. The van der Waals surface area contributed by atoms with Gasteiger partial charge in [0.1, 0.15) is 10.6 Å². The molecular formula is C17H23N3O4S. The lowest BCUT2D eigenvalue weighted by Crippen LogP contribution is -2.20. The number of anilines is 1. The Morgan fingerprint density at radius 2 is 2.08 bits per heavy atom. The highest BCUT2D eigenvalue weighted by atomic mass is 32.2. The average molecular weight is 365 g/mol. The van der Waals surface area contributed by atoms with E-state index in [-0.39, 0.29) is 4.90 Å². The molecule has 0 unspecified atom stereocenters. The van der Waals surface area contributed by atoms with E-state index in [0.29, 0.717) is 24.0 Å². The number of para-hydroxylation sites is 1. The van der Waals surface area contributed by atoms with E-state index in [0.717, 1.165) is 32.6 Å². The number of hydrogen-bond donors (Lipinski definition) is 1. The Morgan fingerprint density at radius 3 is 2.84 bits per heavy atom. The summed E-state index contributed by atoms with van der Waals surface area (Å²) in [5.41, 5.74) is 0.443. The normalized spacial score (nSPS) is 15.9. The minimum atomic E-state index is -3.73. The molecule has 0 spiro atoms. The molecule has 3 rings (SSSR count). The van der Waals surface area contributed by atoms with Crippen LogP contribution in [-0.2, 0) is 21.3 Å². The second-order valence-corrected chi connectivity index (χ2v) is 7.64. The Hall–Kier alpha value is -2.06. The third-order valence-corrected chi connectivity index (χ3v) is 5.53. The van der Waals surface area contributed by atoms with Crippen molar-refractivity contribution in [1.82, 2.24) is 9.78 Å². The maximum Gasteiger partial charge on any atom is 0.265 e. The Bertz CT molecular complexity index is 798. The molecular weight excluding hydrogens is 342 g/mol. The largest absolute Gasteiger partial charge is 0.492 e. The van der Waals surface area contributed by atoms with Crippen molar-refractivity contribution in [2.24, 2.45) is 5.92 Å². The lowest BCUT2D eigenvalue weighted by molar-refractivity contribution is 0.0601. The predicted molar refractivity (Wildman–Crippen MR) is 94.2 cm³/mol.